The maximum atomic E-state index is 12.2. The molecule has 0 atom stereocenters. The molecule has 0 bridgehead atoms. The average molecular weight is 330 g/mol. The molecule has 2 rings (SSSR count). The third-order valence-corrected chi connectivity index (χ3v) is 3.52. The summed E-state index contributed by atoms with van der Waals surface area (Å²) in [7, 11) is 3.18. The van der Waals surface area contributed by atoms with Gasteiger partial charge >= 0.3 is 5.97 Å². The van der Waals surface area contributed by atoms with Crippen LogP contribution >= 0.6 is 0 Å². The van der Waals surface area contributed by atoms with Crippen molar-refractivity contribution < 1.29 is 23.7 Å². The first-order chi connectivity index (χ1) is 11.7. The van der Waals surface area contributed by atoms with E-state index in [4.69, 9.17) is 18.9 Å². The van der Waals surface area contributed by atoms with Gasteiger partial charge in [-0.25, -0.2) is 4.79 Å². The van der Waals surface area contributed by atoms with E-state index in [0.717, 1.165) is 10.8 Å². The van der Waals surface area contributed by atoms with Gasteiger partial charge < -0.3 is 18.9 Å². The van der Waals surface area contributed by atoms with Gasteiger partial charge in [-0.1, -0.05) is 12.2 Å². The van der Waals surface area contributed by atoms with Crippen LogP contribution in [-0.4, -0.2) is 33.4 Å². The van der Waals surface area contributed by atoms with Gasteiger partial charge in [-0.15, -0.1) is 0 Å². The van der Waals surface area contributed by atoms with E-state index in [1.807, 2.05) is 25.1 Å². The second-order valence-corrected chi connectivity index (χ2v) is 4.97. The number of hydrogen-bond donors (Lipinski definition) is 0. The predicted octanol–water partition coefficient (Wildman–Crippen LogP) is 3.99. The van der Waals surface area contributed by atoms with E-state index in [2.05, 4.69) is 0 Å². The Hall–Kier alpha value is -2.69. The summed E-state index contributed by atoms with van der Waals surface area (Å²) in [5.74, 6) is 1.43. The summed E-state index contributed by atoms with van der Waals surface area (Å²) in [6.07, 6.45) is 3.78. The molecule has 24 heavy (non-hydrogen) atoms. The third-order valence-electron chi connectivity index (χ3n) is 3.52. The summed E-state index contributed by atoms with van der Waals surface area (Å²) >= 11 is 0. The number of methoxy groups -OCH3 is 2. The maximum Gasteiger partial charge on any atom is 0.338 e. The van der Waals surface area contributed by atoms with Crippen molar-refractivity contribution in [1.29, 1.82) is 0 Å². The van der Waals surface area contributed by atoms with Crippen LogP contribution in [-0.2, 0) is 4.74 Å². The van der Waals surface area contributed by atoms with E-state index in [1.165, 1.54) is 0 Å². The fourth-order valence-electron chi connectivity index (χ4n) is 2.42. The maximum absolute atomic E-state index is 12.2. The minimum absolute atomic E-state index is 0.306. The lowest BCUT2D eigenvalue weighted by molar-refractivity contribution is 0.0526. The van der Waals surface area contributed by atoms with E-state index in [9.17, 15) is 4.79 Å². The quantitative estimate of drug-likeness (QED) is 0.567. The number of benzene rings is 2. The molecule has 0 aliphatic heterocycles. The Morgan fingerprint density at radius 3 is 2.42 bits per heavy atom. The number of fused-ring (bicyclic) bond motifs is 1. The number of hydrogen-bond acceptors (Lipinski definition) is 5. The number of esters is 1. The van der Waals surface area contributed by atoms with Crippen LogP contribution in [0.5, 0.6) is 17.2 Å². The Morgan fingerprint density at radius 2 is 1.79 bits per heavy atom. The van der Waals surface area contributed by atoms with E-state index in [-0.39, 0.29) is 0 Å². The zero-order valence-electron chi connectivity index (χ0n) is 14.4. The number of ether oxygens (including phenoxy) is 4. The highest BCUT2D eigenvalue weighted by Gasteiger charge is 2.18. The van der Waals surface area contributed by atoms with Crippen LogP contribution in [0, 0.1) is 0 Å². The Kier molecular flexibility index (Phi) is 6.07. The second-order valence-electron chi connectivity index (χ2n) is 4.97. The fraction of sp³-hybridized carbons (Fsp3) is 0.316. The number of carbonyl (C=O) groups excluding carboxylic acids is 1. The third kappa shape index (κ3) is 3.62. The predicted molar refractivity (Wildman–Crippen MR) is 93.3 cm³/mol. The van der Waals surface area contributed by atoms with E-state index in [0.29, 0.717) is 36.0 Å². The Morgan fingerprint density at radius 1 is 1.08 bits per heavy atom. The van der Waals surface area contributed by atoms with Crippen molar-refractivity contribution in [3.63, 3.8) is 0 Å². The molecule has 0 heterocycles. The Labute approximate surface area is 141 Å². The van der Waals surface area contributed by atoms with E-state index < -0.39 is 5.97 Å². The molecule has 0 saturated carbocycles. The van der Waals surface area contributed by atoms with Gasteiger partial charge in [0.05, 0.1) is 31.8 Å². The van der Waals surface area contributed by atoms with E-state index >= 15 is 0 Å². The molecule has 0 aliphatic carbocycles. The highest BCUT2D eigenvalue weighted by Crippen LogP contribution is 2.40. The Balaban J connectivity index is 2.69. The summed E-state index contributed by atoms with van der Waals surface area (Å²) in [5.41, 5.74) is 0.409. The molecule has 0 unspecified atom stereocenters. The standard InChI is InChI=1S/C19H22O5/c1-5-7-10-24-17-12-13(19(20)23-6-2)11-14-15(21-3)8-9-16(22-4)18(14)17/h5,7-9,11-12H,6,10H2,1-4H3. The van der Waals surface area contributed by atoms with Crippen molar-refractivity contribution in [2.24, 2.45) is 0 Å². The SMILES string of the molecule is CC=CCOc1cc(C(=O)OCC)cc2c(OC)ccc(OC)c12. The van der Waals surface area contributed by atoms with Crippen LogP contribution in [0.25, 0.3) is 10.8 Å². The Bertz CT molecular complexity index is 749. The molecule has 0 fully saturated rings. The molecule has 5 nitrogen and oxygen atoms in total. The first-order valence-corrected chi connectivity index (χ1v) is 7.76. The van der Waals surface area contributed by atoms with Crippen molar-refractivity contribution in [2.75, 3.05) is 27.4 Å². The molecule has 0 N–H and O–H groups in total. The van der Waals surface area contributed by atoms with Crippen molar-refractivity contribution in [2.45, 2.75) is 13.8 Å². The van der Waals surface area contributed by atoms with Crippen LogP contribution in [0.1, 0.15) is 24.2 Å². The van der Waals surface area contributed by atoms with Crippen molar-refractivity contribution in [3.05, 3.63) is 42.0 Å². The summed E-state index contributed by atoms with van der Waals surface area (Å²) in [4.78, 5) is 12.2. The smallest absolute Gasteiger partial charge is 0.338 e. The molecule has 2 aromatic rings. The molecule has 0 radical (unpaired) electrons. The molecular weight excluding hydrogens is 308 g/mol. The minimum Gasteiger partial charge on any atom is -0.496 e. The van der Waals surface area contributed by atoms with E-state index in [1.54, 1.807) is 39.3 Å². The summed E-state index contributed by atoms with van der Waals surface area (Å²) in [5, 5.41) is 1.49. The molecule has 0 saturated heterocycles. The molecule has 2 aromatic carbocycles. The van der Waals surface area contributed by atoms with Crippen LogP contribution in [0.4, 0.5) is 0 Å². The fourth-order valence-corrected chi connectivity index (χ4v) is 2.42. The lowest BCUT2D eigenvalue weighted by atomic mass is 10.0. The number of carbonyl (C=O) groups is 1. The van der Waals surface area contributed by atoms with Gasteiger partial charge in [-0.2, -0.15) is 0 Å². The van der Waals surface area contributed by atoms with Crippen molar-refractivity contribution >= 4 is 16.7 Å². The normalized spacial score (nSPS) is 10.8. The number of allylic oxidation sites excluding steroid dienone is 1. The van der Waals surface area contributed by atoms with Gasteiger partial charge in [-0.3, -0.25) is 0 Å². The molecular formula is C19H22O5. The summed E-state index contributed by atoms with van der Waals surface area (Å²) in [6.45, 7) is 4.38. The minimum atomic E-state index is -0.403. The molecule has 128 valence electrons. The lowest BCUT2D eigenvalue weighted by Crippen LogP contribution is -2.06. The largest absolute Gasteiger partial charge is 0.496 e. The topological polar surface area (TPSA) is 54.0 Å². The molecule has 0 aliphatic rings. The van der Waals surface area contributed by atoms with Crippen LogP contribution in [0.2, 0.25) is 0 Å². The lowest BCUT2D eigenvalue weighted by Gasteiger charge is -2.15. The van der Waals surface area contributed by atoms with Crippen molar-refractivity contribution in [3.8, 4) is 17.2 Å². The van der Waals surface area contributed by atoms with Crippen LogP contribution in [0.3, 0.4) is 0 Å². The molecule has 0 spiro atoms. The van der Waals surface area contributed by atoms with Gasteiger partial charge in [0.15, 0.2) is 0 Å². The van der Waals surface area contributed by atoms with Gasteiger partial charge in [0.25, 0.3) is 0 Å². The summed E-state index contributed by atoms with van der Waals surface area (Å²) < 4.78 is 21.8. The first kappa shape index (κ1) is 17.7. The summed E-state index contributed by atoms with van der Waals surface area (Å²) in [6, 6.07) is 7.02. The van der Waals surface area contributed by atoms with Crippen molar-refractivity contribution in [1.82, 2.24) is 0 Å². The van der Waals surface area contributed by atoms with Crippen LogP contribution in [0.15, 0.2) is 36.4 Å². The molecule has 0 aromatic heterocycles. The van der Waals surface area contributed by atoms with Gasteiger partial charge in [0.1, 0.15) is 23.9 Å². The molecule has 0 amide bonds. The number of rotatable bonds is 7. The highest BCUT2D eigenvalue weighted by molar-refractivity contribution is 6.03. The average Bonchev–Trinajstić information content (AvgIpc) is 2.60. The zero-order valence-corrected chi connectivity index (χ0v) is 14.4. The van der Waals surface area contributed by atoms with Crippen LogP contribution < -0.4 is 14.2 Å². The highest BCUT2D eigenvalue weighted by atomic mass is 16.5. The molecule has 5 heteroatoms. The second kappa shape index (κ2) is 8.24. The monoisotopic (exact) mass is 330 g/mol. The first-order valence-electron chi connectivity index (χ1n) is 7.76. The zero-order chi connectivity index (χ0) is 17.5. The van der Waals surface area contributed by atoms with Gasteiger partial charge in [-0.05, 0) is 38.1 Å². The van der Waals surface area contributed by atoms with Gasteiger partial charge in [0, 0.05) is 5.39 Å². The van der Waals surface area contributed by atoms with Gasteiger partial charge in [0.2, 0.25) is 0 Å².